The third-order valence-corrected chi connectivity index (χ3v) is 2.68. The van der Waals surface area contributed by atoms with E-state index in [-0.39, 0.29) is 11.4 Å². The summed E-state index contributed by atoms with van der Waals surface area (Å²) >= 11 is 0. The van der Waals surface area contributed by atoms with Crippen LogP contribution >= 0.6 is 0 Å². The number of amides is 1. The molecular weight excluding hydrogens is 254 g/mol. The van der Waals surface area contributed by atoms with Gasteiger partial charge < -0.3 is 15.0 Å². The molecule has 0 radical (unpaired) electrons. The first-order valence-corrected chi connectivity index (χ1v) is 6.81. The zero-order chi connectivity index (χ0) is 15.2. The van der Waals surface area contributed by atoms with Crippen molar-refractivity contribution in [1.82, 2.24) is 15.2 Å². The lowest BCUT2D eigenvalue weighted by atomic mass is 10.1. The van der Waals surface area contributed by atoms with Crippen molar-refractivity contribution in [1.29, 1.82) is 0 Å². The molecule has 1 rings (SSSR count). The molecule has 0 aliphatic carbocycles. The Hall–Kier alpha value is -1.62. The van der Waals surface area contributed by atoms with Gasteiger partial charge in [0, 0.05) is 26.2 Å². The molecule has 0 aliphatic rings. The molecule has 1 heterocycles. The zero-order valence-corrected chi connectivity index (χ0v) is 13.1. The molecule has 1 amide bonds. The molecule has 1 aromatic rings. The first-order valence-electron chi connectivity index (χ1n) is 6.81. The quantitative estimate of drug-likeness (QED) is 0.863. The maximum Gasteiger partial charge on any atom is 0.225 e. The van der Waals surface area contributed by atoms with Gasteiger partial charge in [0.05, 0.1) is 24.9 Å². The Bertz CT molecular complexity index is 422. The normalized spacial score (nSPS) is 11.2. The topological polar surface area (TPSA) is 54.5 Å². The molecule has 0 spiro atoms. The molecule has 0 atom stereocenters. The van der Waals surface area contributed by atoms with Crippen molar-refractivity contribution in [2.45, 2.75) is 39.3 Å². The van der Waals surface area contributed by atoms with Crippen LogP contribution in [0, 0.1) is 0 Å². The fraction of sp³-hybridized carbons (Fsp3) is 0.600. The number of nitrogens with zero attached hydrogens (tertiary/aromatic N) is 2. The van der Waals surface area contributed by atoms with E-state index in [2.05, 4.69) is 31.1 Å². The lowest BCUT2D eigenvalue weighted by Gasteiger charge is -2.20. The molecule has 5 heteroatoms. The first kappa shape index (κ1) is 16.4. The van der Waals surface area contributed by atoms with Crippen LogP contribution in [0.3, 0.4) is 0 Å². The van der Waals surface area contributed by atoms with Crippen molar-refractivity contribution in [2.24, 2.45) is 0 Å². The summed E-state index contributed by atoms with van der Waals surface area (Å²) < 4.78 is 5.50. The Morgan fingerprint density at radius 1 is 1.35 bits per heavy atom. The number of nitrogens with one attached hydrogen (secondary N) is 1. The van der Waals surface area contributed by atoms with E-state index in [1.807, 2.05) is 12.1 Å². The molecule has 0 saturated heterocycles. The van der Waals surface area contributed by atoms with E-state index < -0.39 is 0 Å². The van der Waals surface area contributed by atoms with E-state index in [1.165, 1.54) is 0 Å². The maximum atomic E-state index is 11.4. The summed E-state index contributed by atoms with van der Waals surface area (Å²) in [6, 6.07) is 3.81. The van der Waals surface area contributed by atoms with Crippen molar-refractivity contribution in [3.8, 4) is 5.75 Å². The van der Waals surface area contributed by atoms with Crippen LogP contribution in [0.25, 0.3) is 0 Å². The maximum absolute atomic E-state index is 11.4. The monoisotopic (exact) mass is 279 g/mol. The molecule has 0 aromatic carbocycles. The molecule has 20 heavy (non-hydrogen) atoms. The van der Waals surface area contributed by atoms with Gasteiger partial charge in [0.1, 0.15) is 5.75 Å². The van der Waals surface area contributed by atoms with Gasteiger partial charge in [0.25, 0.3) is 0 Å². The number of rotatable bonds is 6. The number of pyridine rings is 1. The van der Waals surface area contributed by atoms with Gasteiger partial charge >= 0.3 is 0 Å². The van der Waals surface area contributed by atoms with Crippen LogP contribution in [0.2, 0.25) is 0 Å². The molecule has 0 fully saturated rings. The van der Waals surface area contributed by atoms with E-state index in [1.54, 1.807) is 25.2 Å². The zero-order valence-electron chi connectivity index (χ0n) is 13.1. The predicted molar refractivity (Wildman–Crippen MR) is 79.6 cm³/mol. The van der Waals surface area contributed by atoms with Gasteiger partial charge in [-0.2, -0.15) is 0 Å². The van der Waals surface area contributed by atoms with Gasteiger partial charge in [0.2, 0.25) is 5.91 Å². The minimum Gasteiger partial charge on any atom is -0.491 e. The molecule has 112 valence electrons. The third kappa shape index (κ3) is 6.52. The fourth-order valence-electron chi connectivity index (χ4n) is 1.44. The van der Waals surface area contributed by atoms with Gasteiger partial charge in [-0.3, -0.25) is 9.78 Å². The van der Waals surface area contributed by atoms with Crippen molar-refractivity contribution < 1.29 is 9.53 Å². The Kier molecular flexibility index (Phi) is 5.95. The van der Waals surface area contributed by atoms with Gasteiger partial charge in [-0.1, -0.05) is 0 Å². The van der Waals surface area contributed by atoms with Crippen LogP contribution in [0.15, 0.2) is 18.3 Å². The van der Waals surface area contributed by atoms with E-state index in [0.717, 1.165) is 12.2 Å². The molecule has 0 aliphatic heterocycles. The van der Waals surface area contributed by atoms with E-state index in [9.17, 15) is 4.79 Å². The molecule has 0 unspecified atom stereocenters. The van der Waals surface area contributed by atoms with Crippen LogP contribution in [0.5, 0.6) is 5.75 Å². The van der Waals surface area contributed by atoms with E-state index in [0.29, 0.717) is 18.8 Å². The molecule has 5 nitrogen and oxygen atoms in total. The highest BCUT2D eigenvalue weighted by Gasteiger charge is 2.09. The first-order chi connectivity index (χ1) is 9.28. The van der Waals surface area contributed by atoms with Crippen molar-refractivity contribution in [2.75, 3.05) is 20.7 Å². The summed E-state index contributed by atoms with van der Waals surface area (Å²) in [5.41, 5.74) is 1.04. The van der Waals surface area contributed by atoms with E-state index >= 15 is 0 Å². The molecule has 1 aromatic heterocycles. The van der Waals surface area contributed by atoms with Crippen LogP contribution in [-0.4, -0.2) is 42.0 Å². The molecule has 0 bridgehead atoms. The Labute approximate surface area is 121 Å². The van der Waals surface area contributed by atoms with Crippen LogP contribution in [-0.2, 0) is 11.3 Å². The van der Waals surface area contributed by atoms with Gasteiger partial charge in [0.15, 0.2) is 0 Å². The molecule has 1 N–H and O–H groups in total. The Morgan fingerprint density at radius 2 is 2.05 bits per heavy atom. The van der Waals surface area contributed by atoms with Crippen LogP contribution in [0.4, 0.5) is 0 Å². The highest BCUT2D eigenvalue weighted by molar-refractivity contribution is 5.75. The molecular formula is C15H25N3O2. The standard InChI is InChI=1S/C15H25N3O2/c1-15(2,3)17-10-12-6-7-13(11-16-12)20-9-8-14(19)18(4)5/h6-7,11,17H,8-10H2,1-5H3. The highest BCUT2D eigenvalue weighted by atomic mass is 16.5. The summed E-state index contributed by atoms with van der Waals surface area (Å²) in [6.07, 6.45) is 2.07. The van der Waals surface area contributed by atoms with Crippen LogP contribution in [0.1, 0.15) is 32.9 Å². The second-order valence-electron chi connectivity index (χ2n) is 5.98. The second-order valence-corrected chi connectivity index (χ2v) is 5.98. The number of carbonyl (C=O) groups excluding carboxylic acids is 1. The lowest BCUT2D eigenvalue weighted by molar-refractivity contribution is -0.129. The predicted octanol–water partition coefficient (Wildman–Crippen LogP) is 1.83. The Morgan fingerprint density at radius 3 is 2.55 bits per heavy atom. The largest absolute Gasteiger partial charge is 0.491 e. The van der Waals surface area contributed by atoms with Gasteiger partial charge in [-0.25, -0.2) is 0 Å². The van der Waals surface area contributed by atoms with Crippen molar-refractivity contribution in [3.63, 3.8) is 0 Å². The highest BCUT2D eigenvalue weighted by Crippen LogP contribution is 2.10. The number of hydrogen-bond donors (Lipinski definition) is 1. The summed E-state index contributed by atoms with van der Waals surface area (Å²) in [5, 5.41) is 3.37. The number of ether oxygens (including phenoxy) is 1. The summed E-state index contributed by atoms with van der Waals surface area (Å²) in [6.45, 7) is 7.45. The SMILES string of the molecule is CN(C)C(=O)CCOc1ccc(CNC(C)(C)C)nc1. The van der Waals surface area contributed by atoms with E-state index in [4.69, 9.17) is 4.74 Å². The fourth-order valence-corrected chi connectivity index (χ4v) is 1.44. The lowest BCUT2D eigenvalue weighted by Crippen LogP contribution is -2.35. The molecule has 0 saturated carbocycles. The van der Waals surface area contributed by atoms with Gasteiger partial charge in [-0.05, 0) is 32.9 Å². The second kappa shape index (κ2) is 7.24. The number of hydrogen-bond acceptors (Lipinski definition) is 4. The van der Waals surface area contributed by atoms with Crippen LogP contribution < -0.4 is 10.1 Å². The Balaban J connectivity index is 2.37. The van der Waals surface area contributed by atoms with Crippen molar-refractivity contribution in [3.05, 3.63) is 24.0 Å². The average molecular weight is 279 g/mol. The minimum absolute atomic E-state index is 0.0592. The van der Waals surface area contributed by atoms with Gasteiger partial charge in [-0.15, -0.1) is 0 Å². The third-order valence-electron chi connectivity index (χ3n) is 2.68. The average Bonchev–Trinajstić information content (AvgIpc) is 2.36. The summed E-state index contributed by atoms with van der Waals surface area (Å²) in [5.74, 6) is 0.750. The summed E-state index contributed by atoms with van der Waals surface area (Å²) in [4.78, 5) is 17.3. The number of carbonyl (C=O) groups is 1. The minimum atomic E-state index is 0.0592. The number of aromatic nitrogens is 1. The summed E-state index contributed by atoms with van der Waals surface area (Å²) in [7, 11) is 3.47. The smallest absolute Gasteiger partial charge is 0.225 e. The van der Waals surface area contributed by atoms with Crippen molar-refractivity contribution >= 4 is 5.91 Å².